The number of hydrogen-bond acceptors (Lipinski definition) is 3. The summed E-state index contributed by atoms with van der Waals surface area (Å²) in [6, 6.07) is 16.7. The molecule has 2 aromatic rings. The summed E-state index contributed by atoms with van der Waals surface area (Å²) in [6.45, 7) is 4.24. The molecule has 2 aliphatic rings. The first-order valence-corrected chi connectivity index (χ1v) is 10.4. The van der Waals surface area contributed by atoms with Gasteiger partial charge in [0, 0.05) is 26.2 Å². The van der Waals surface area contributed by atoms with Crippen molar-refractivity contribution in [2.24, 2.45) is 5.92 Å². The van der Waals surface area contributed by atoms with E-state index in [1.165, 1.54) is 11.1 Å². The molecule has 2 saturated heterocycles. The van der Waals surface area contributed by atoms with Crippen LogP contribution in [0.3, 0.4) is 0 Å². The lowest BCUT2D eigenvalue weighted by molar-refractivity contribution is -0.141. The van der Waals surface area contributed by atoms with Gasteiger partial charge in [-0.05, 0) is 48.4 Å². The number of carbonyl (C=O) groups is 2. The van der Waals surface area contributed by atoms with Gasteiger partial charge in [-0.15, -0.1) is 0 Å². The molecule has 4 rings (SSSR count). The fourth-order valence-electron chi connectivity index (χ4n) is 4.28. The molecule has 1 N–H and O–H groups in total. The number of hydrogen-bond donors (Lipinski definition) is 1. The summed E-state index contributed by atoms with van der Waals surface area (Å²) >= 11 is 0. The maximum absolute atomic E-state index is 12.8. The highest BCUT2D eigenvalue weighted by atomic mass is 16.5. The van der Waals surface area contributed by atoms with Crippen molar-refractivity contribution in [1.82, 2.24) is 10.2 Å². The molecular weight excluding hydrogens is 364 g/mol. The highest BCUT2D eigenvalue weighted by molar-refractivity contribution is 5.84. The zero-order valence-electron chi connectivity index (χ0n) is 16.9. The van der Waals surface area contributed by atoms with Crippen LogP contribution in [-0.2, 0) is 20.7 Å². The number of rotatable bonds is 4. The lowest BCUT2D eigenvalue weighted by Gasteiger charge is -2.25. The molecular formula is C24H28N2O3. The normalized spacial score (nSPS) is 22.2. The molecule has 152 valence electrons. The van der Waals surface area contributed by atoms with Gasteiger partial charge in [-0.25, -0.2) is 0 Å². The van der Waals surface area contributed by atoms with Gasteiger partial charge in [0.1, 0.15) is 6.10 Å². The smallest absolute Gasteiger partial charge is 0.251 e. The van der Waals surface area contributed by atoms with E-state index in [4.69, 9.17) is 4.74 Å². The van der Waals surface area contributed by atoms with E-state index in [2.05, 4.69) is 42.6 Å². The minimum atomic E-state index is -0.340. The lowest BCUT2D eigenvalue weighted by Crippen LogP contribution is -2.42. The van der Waals surface area contributed by atoms with Crippen molar-refractivity contribution in [3.63, 3.8) is 0 Å². The Morgan fingerprint density at radius 2 is 2.07 bits per heavy atom. The Labute approximate surface area is 172 Å². The van der Waals surface area contributed by atoms with Crippen LogP contribution >= 0.6 is 0 Å². The Bertz CT molecular complexity index is 889. The molecule has 2 fully saturated rings. The van der Waals surface area contributed by atoms with Gasteiger partial charge in [0.15, 0.2) is 0 Å². The van der Waals surface area contributed by atoms with Crippen LogP contribution in [0.25, 0.3) is 11.1 Å². The standard InChI is InChI=1S/C24H28N2O3/c1-17-6-2-3-9-21(17)19-8-4-7-18(14-19)15-20-16-26(12-11-25-23(20)27)24(28)22-10-5-13-29-22/h2-4,6-9,14,20,22H,5,10-13,15-16H2,1H3,(H,25,27)/t20-,22+/m1/s1. The van der Waals surface area contributed by atoms with Crippen LogP contribution in [0.2, 0.25) is 0 Å². The Balaban J connectivity index is 1.51. The summed E-state index contributed by atoms with van der Waals surface area (Å²) in [7, 11) is 0. The van der Waals surface area contributed by atoms with Gasteiger partial charge >= 0.3 is 0 Å². The van der Waals surface area contributed by atoms with Crippen molar-refractivity contribution in [3.05, 3.63) is 59.7 Å². The number of amides is 2. The van der Waals surface area contributed by atoms with Gasteiger partial charge in [0.05, 0.1) is 5.92 Å². The molecule has 0 aromatic heterocycles. The second-order valence-electron chi connectivity index (χ2n) is 7.99. The third kappa shape index (κ3) is 4.51. The van der Waals surface area contributed by atoms with E-state index in [0.29, 0.717) is 32.7 Å². The molecule has 5 heteroatoms. The van der Waals surface area contributed by atoms with Gasteiger partial charge in [-0.1, -0.05) is 48.5 Å². The molecule has 5 nitrogen and oxygen atoms in total. The maximum Gasteiger partial charge on any atom is 0.251 e. The van der Waals surface area contributed by atoms with Crippen LogP contribution < -0.4 is 5.32 Å². The topological polar surface area (TPSA) is 58.6 Å². The molecule has 0 aliphatic carbocycles. The molecule has 0 spiro atoms. The van der Waals surface area contributed by atoms with Crippen molar-refractivity contribution in [1.29, 1.82) is 0 Å². The SMILES string of the molecule is Cc1ccccc1-c1cccc(C[C@@H]2CN(C(=O)[C@@H]3CCCO3)CCNC2=O)c1. The first kappa shape index (κ1) is 19.6. The number of benzene rings is 2. The average Bonchev–Trinajstić information content (AvgIpc) is 3.21. The molecule has 2 amide bonds. The summed E-state index contributed by atoms with van der Waals surface area (Å²) in [5.74, 6) is -0.207. The van der Waals surface area contributed by atoms with Gasteiger partial charge in [0.25, 0.3) is 5.91 Å². The molecule has 2 aliphatic heterocycles. The number of nitrogens with one attached hydrogen (secondary N) is 1. The van der Waals surface area contributed by atoms with Crippen LogP contribution in [0.4, 0.5) is 0 Å². The Kier molecular flexibility index (Phi) is 5.95. The van der Waals surface area contributed by atoms with Crippen molar-refractivity contribution in [2.45, 2.75) is 32.3 Å². The summed E-state index contributed by atoms with van der Waals surface area (Å²) in [5.41, 5.74) is 4.69. The zero-order chi connectivity index (χ0) is 20.2. The fourth-order valence-corrected chi connectivity index (χ4v) is 4.28. The van der Waals surface area contributed by atoms with Gasteiger partial charge in [-0.3, -0.25) is 9.59 Å². The van der Waals surface area contributed by atoms with E-state index in [1.807, 2.05) is 23.1 Å². The van der Waals surface area contributed by atoms with Crippen LogP contribution in [0.5, 0.6) is 0 Å². The van der Waals surface area contributed by atoms with E-state index in [1.54, 1.807) is 0 Å². The number of carbonyl (C=O) groups excluding carboxylic acids is 2. The summed E-state index contributed by atoms with van der Waals surface area (Å²) in [6.07, 6.45) is 1.98. The predicted molar refractivity (Wildman–Crippen MR) is 112 cm³/mol. The molecule has 29 heavy (non-hydrogen) atoms. The second-order valence-corrected chi connectivity index (χ2v) is 7.99. The molecule has 0 radical (unpaired) electrons. The van der Waals surface area contributed by atoms with E-state index in [0.717, 1.165) is 24.0 Å². The largest absolute Gasteiger partial charge is 0.368 e. The Morgan fingerprint density at radius 1 is 1.21 bits per heavy atom. The van der Waals surface area contributed by atoms with Crippen molar-refractivity contribution < 1.29 is 14.3 Å². The van der Waals surface area contributed by atoms with E-state index >= 15 is 0 Å². The van der Waals surface area contributed by atoms with Crippen LogP contribution in [-0.4, -0.2) is 49.1 Å². The Morgan fingerprint density at radius 3 is 2.86 bits per heavy atom. The van der Waals surface area contributed by atoms with E-state index in [9.17, 15) is 9.59 Å². The first-order valence-electron chi connectivity index (χ1n) is 10.4. The van der Waals surface area contributed by atoms with Crippen LogP contribution in [0.15, 0.2) is 48.5 Å². The van der Waals surface area contributed by atoms with E-state index in [-0.39, 0.29) is 23.8 Å². The minimum absolute atomic E-state index is 0.0222. The minimum Gasteiger partial charge on any atom is -0.368 e. The Hall–Kier alpha value is -2.66. The molecule has 0 unspecified atom stereocenters. The third-order valence-corrected chi connectivity index (χ3v) is 5.87. The highest BCUT2D eigenvalue weighted by Crippen LogP contribution is 2.25. The zero-order valence-corrected chi connectivity index (χ0v) is 16.9. The van der Waals surface area contributed by atoms with Crippen LogP contribution in [0, 0.1) is 12.8 Å². The first-order chi connectivity index (χ1) is 14.1. The van der Waals surface area contributed by atoms with E-state index < -0.39 is 0 Å². The van der Waals surface area contributed by atoms with Gasteiger partial charge in [-0.2, -0.15) is 0 Å². The molecule has 2 aromatic carbocycles. The molecule has 0 saturated carbocycles. The average molecular weight is 392 g/mol. The molecule has 0 bridgehead atoms. The second kappa shape index (κ2) is 8.78. The van der Waals surface area contributed by atoms with Gasteiger partial charge in [0.2, 0.25) is 5.91 Å². The quantitative estimate of drug-likeness (QED) is 0.870. The van der Waals surface area contributed by atoms with Crippen molar-refractivity contribution in [2.75, 3.05) is 26.2 Å². The summed E-state index contributed by atoms with van der Waals surface area (Å²) in [4.78, 5) is 27.2. The van der Waals surface area contributed by atoms with Gasteiger partial charge < -0.3 is 15.0 Å². The van der Waals surface area contributed by atoms with Crippen molar-refractivity contribution in [3.8, 4) is 11.1 Å². The van der Waals surface area contributed by atoms with Crippen molar-refractivity contribution >= 4 is 11.8 Å². The monoisotopic (exact) mass is 392 g/mol. The van der Waals surface area contributed by atoms with Crippen LogP contribution in [0.1, 0.15) is 24.0 Å². The molecule has 2 heterocycles. The summed E-state index contributed by atoms with van der Waals surface area (Å²) in [5, 5.41) is 2.97. The number of nitrogens with zero attached hydrogens (tertiary/aromatic N) is 1. The summed E-state index contributed by atoms with van der Waals surface area (Å²) < 4.78 is 5.57. The predicted octanol–water partition coefficient (Wildman–Crippen LogP) is 2.96. The molecule has 2 atom stereocenters. The number of ether oxygens (including phenoxy) is 1. The fraction of sp³-hybridized carbons (Fsp3) is 0.417. The third-order valence-electron chi connectivity index (χ3n) is 5.87. The number of aryl methyl sites for hydroxylation is 1. The lowest BCUT2D eigenvalue weighted by atomic mass is 9.94. The maximum atomic E-state index is 12.8. The highest BCUT2D eigenvalue weighted by Gasteiger charge is 2.33.